The highest BCUT2D eigenvalue weighted by molar-refractivity contribution is 6.32. The van der Waals surface area contributed by atoms with Crippen molar-refractivity contribution in [2.45, 2.75) is 38.7 Å². The summed E-state index contributed by atoms with van der Waals surface area (Å²) < 4.78 is 11.2. The van der Waals surface area contributed by atoms with Gasteiger partial charge in [0.2, 0.25) is 0 Å². The van der Waals surface area contributed by atoms with Crippen LogP contribution in [-0.2, 0) is 5.88 Å². The normalized spacial score (nSPS) is 10.7. The van der Waals surface area contributed by atoms with Crippen molar-refractivity contribution >= 4 is 23.2 Å². The lowest BCUT2D eigenvalue weighted by atomic mass is 10.2. The minimum atomic E-state index is 0.156. The minimum absolute atomic E-state index is 0.156. The van der Waals surface area contributed by atoms with Gasteiger partial charge in [-0.05, 0) is 30.5 Å². The zero-order valence-electron chi connectivity index (χ0n) is 10.4. The molecule has 4 heteroatoms. The molecule has 0 bridgehead atoms. The first kappa shape index (κ1) is 14.5. The summed E-state index contributed by atoms with van der Waals surface area (Å²) in [5.74, 6) is 1.65. The van der Waals surface area contributed by atoms with Crippen molar-refractivity contribution < 1.29 is 9.47 Å². The van der Waals surface area contributed by atoms with Crippen LogP contribution in [0.3, 0.4) is 0 Å². The topological polar surface area (TPSA) is 18.5 Å². The predicted molar refractivity (Wildman–Crippen MR) is 72.6 cm³/mol. The van der Waals surface area contributed by atoms with Crippen molar-refractivity contribution in [1.29, 1.82) is 0 Å². The molecule has 0 amide bonds. The summed E-state index contributed by atoms with van der Waals surface area (Å²) in [5.41, 5.74) is 0.922. The number of benzene rings is 1. The second kappa shape index (κ2) is 6.97. The highest BCUT2D eigenvalue weighted by atomic mass is 35.5. The van der Waals surface area contributed by atoms with E-state index in [4.69, 9.17) is 32.7 Å². The Morgan fingerprint density at radius 3 is 2.35 bits per heavy atom. The molecule has 0 aromatic heterocycles. The van der Waals surface area contributed by atoms with Crippen molar-refractivity contribution in [2.75, 3.05) is 7.11 Å². The van der Waals surface area contributed by atoms with Gasteiger partial charge in [-0.2, -0.15) is 0 Å². The minimum Gasteiger partial charge on any atom is -0.493 e. The van der Waals surface area contributed by atoms with E-state index in [1.54, 1.807) is 7.11 Å². The largest absolute Gasteiger partial charge is 0.493 e. The van der Waals surface area contributed by atoms with Gasteiger partial charge in [-0.25, -0.2) is 0 Å². The summed E-state index contributed by atoms with van der Waals surface area (Å²) in [5, 5.41) is 0.548. The lowest BCUT2D eigenvalue weighted by molar-refractivity contribution is 0.185. The Labute approximate surface area is 113 Å². The molecule has 0 saturated carbocycles. The lowest BCUT2D eigenvalue weighted by Gasteiger charge is -2.19. The zero-order chi connectivity index (χ0) is 12.8. The van der Waals surface area contributed by atoms with Crippen LogP contribution in [0, 0.1) is 0 Å². The fourth-order valence-corrected chi connectivity index (χ4v) is 2.02. The Morgan fingerprint density at radius 2 is 1.88 bits per heavy atom. The molecule has 1 aromatic rings. The van der Waals surface area contributed by atoms with Crippen molar-refractivity contribution in [3.63, 3.8) is 0 Å². The SMILES string of the molecule is CCC(CC)Oc1c(Cl)cc(CCl)cc1OC. The van der Waals surface area contributed by atoms with Crippen LogP contribution in [0.25, 0.3) is 0 Å². The van der Waals surface area contributed by atoms with Gasteiger partial charge < -0.3 is 9.47 Å². The molecule has 0 heterocycles. The standard InChI is InChI=1S/C13H18Cl2O2/c1-4-10(5-2)17-13-11(15)6-9(8-14)7-12(13)16-3/h6-7,10H,4-5,8H2,1-3H3. The monoisotopic (exact) mass is 276 g/mol. The molecule has 2 nitrogen and oxygen atoms in total. The number of hydrogen-bond acceptors (Lipinski definition) is 2. The van der Waals surface area contributed by atoms with Crippen LogP contribution in [0.1, 0.15) is 32.3 Å². The average Bonchev–Trinajstić information content (AvgIpc) is 2.36. The molecule has 0 N–H and O–H groups in total. The van der Waals surface area contributed by atoms with E-state index in [1.807, 2.05) is 12.1 Å². The summed E-state index contributed by atoms with van der Waals surface area (Å²) in [6, 6.07) is 3.67. The first-order valence-electron chi connectivity index (χ1n) is 5.75. The summed E-state index contributed by atoms with van der Waals surface area (Å²) >= 11 is 12.0. The molecule has 0 atom stereocenters. The lowest BCUT2D eigenvalue weighted by Crippen LogP contribution is -2.14. The van der Waals surface area contributed by atoms with Gasteiger partial charge in [-0.15, -0.1) is 11.6 Å². The van der Waals surface area contributed by atoms with Gasteiger partial charge in [0.15, 0.2) is 11.5 Å². The van der Waals surface area contributed by atoms with Crippen molar-refractivity contribution in [3.8, 4) is 11.5 Å². The van der Waals surface area contributed by atoms with Crippen LogP contribution < -0.4 is 9.47 Å². The molecule has 1 aromatic carbocycles. The van der Waals surface area contributed by atoms with E-state index in [1.165, 1.54) is 0 Å². The third kappa shape index (κ3) is 3.68. The Morgan fingerprint density at radius 1 is 1.24 bits per heavy atom. The van der Waals surface area contributed by atoms with Gasteiger partial charge >= 0.3 is 0 Å². The van der Waals surface area contributed by atoms with Crippen molar-refractivity contribution in [3.05, 3.63) is 22.7 Å². The fourth-order valence-electron chi connectivity index (χ4n) is 1.59. The molecule has 0 unspecified atom stereocenters. The highest BCUT2D eigenvalue weighted by Crippen LogP contribution is 2.38. The zero-order valence-corrected chi connectivity index (χ0v) is 11.9. The number of hydrogen-bond donors (Lipinski definition) is 0. The molecule has 0 saturated heterocycles. The molecule has 0 radical (unpaired) electrons. The molecule has 0 aliphatic heterocycles. The van der Waals surface area contributed by atoms with Crippen molar-refractivity contribution in [1.82, 2.24) is 0 Å². The van der Waals surface area contributed by atoms with E-state index in [0.717, 1.165) is 18.4 Å². The Hall–Kier alpha value is -0.600. The Bertz CT molecular complexity index is 363. The maximum Gasteiger partial charge on any atom is 0.180 e. The molecule has 17 heavy (non-hydrogen) atoms. The van der Waals surface area contributed by atoms with Crippen LogP contribution in [0.4, 0.5) is 0 Å². The van der Waals surface area contributed by atoms with Crippen LogP contribution in [0.2, 0.25) is 5.02 Å². The van der Waals surface area contributed by atoms with Crippen molar-refractivity contribution in [2.24, 2.45) is 0 Å². The third-order valence-electron chi connectivity index (χ3n) is 2.64. The van der Waals surface area contributed by atoms with Gasteiger partial charge in [0.05, 0.1) is 18.2 Å². The quantitative estimate of drug-likeness (QED) is 0.704. The first-order chi connectivity index (χ1) is 8.15. The molecule has 0 aliphatic carbocycles. The first-order valence-corrected chi connectivity index (χ1v) is 6.66. The number of rotatable bonds is 6. The van der Waals surface area contributed by atoms with E-state index in [0.29, 0.717) is 22.4 Å². The second-order valence-corrected chi connectivity index (χ2v) is 4.47. The number of ether oxygens (including phenoxy) is 2. The van der Waals surface area contributed by atoms with Crippen LogP contribution in [0.5, 0.6) is 11.5 Å². The van der Waals surface area contributed by atoms with E-state index in [-0.39, 0.29) is 6.10 Å². The average molecular weight is 277 g/mol. The third-order valence-corrected chi connectivity index (χ3v) is 3.23. The van der Waals surface area contributed by atoms with Crippen LogP contribution in [0.15, 0.2) is 12.1 Å². The highest BCUT2D eigenvalue weighted by Gasteiger charge is 2.15. The Balaban J connectivity index is 3.04. The molecule has 1 rings (SSSR count). The molecule has 0 spiro atoms. The van der Waals surface area contributed by atoms with Gasteiger partial charge in [0.1, 0.15) is 0 Å². The molecular weight excluding hydrogens is 259 g/mol. The summed E-state index contributed by atoms with van der Waals surface area (Å²) in [7, 11) is 1.60. The molecular formula is C13H18Cl2O2. The van der Waals surface area contributed by atoms with E-state index in [9.17, 15) is 0 Å². The van der Waals surface area contributed by atoms with E-state index < -0.39 is 0 Å². The fraction of sp³-hybridized carbons (Fsp3) is 0.538. The number of halogens is 2. The van der Waals surface area contributed by atoms with Crippen LogP contribution in [-0.4, -0.2) is 13.2 Å². The maximum atomic E-state index is 6.19. The number of methoxy groups -OCH3 is 1. The van der Waals surface area contributed by atoms with Gasteiger partial charge in [0, 0.05) is 5.88 Å². The van der Waals surface area contributed by atoms with E-state index >= 15 is 0 Å². The smallest absolute Gasteiger partial charge is 0.180 e. The molecule has 0 aliphatic rings. The van der Waals surface area contributed by atoms with Gasteiger partial charge in [-0.3, -0.25) is 0 Å². The molecule has 0 fully saturated rings. The summed E-state index contributed by atoms with van der Waals surface area (Å²) in [6.45, 7) is 4.17. The predicted octanol–water partition coefficient (Wildman–Crippen LogP) is 4.65. The van der Waals surface area contributed by atoms with E-state index in [2.05, 4.69) is 13.8 Å². The summed E-state index contributed by atoms with van der Waals surface area (Å²) in [6.07, 6.45) is 2.03. The molecule has 96 valence electrons. The second-order valence-electron chi connectivity index (χ2n) is 3.80. The Kier molecular flexibility index (Phi) is 5.93. The number of alkyl halides is 1. The summed E-state index contributed by atoms with van der Waals surface area (Å²) in [4.78, 5) is 0. The maximum absolute atomic E-state index is 6.19. The van der Waals surface area contributed by atoms with Gasteiger partial charge in [-0.1, -0.05) is 25.4 Å². The van der Waals surface area contributed by atoms with Gasteiger partial charge in [0.25, 0.3) is 0 Å². The van der Waals surface area contributed by atoms with Crippen LogP contribution >= 0.6 is 23.2 Å².